The second-order valence-electron chi connectivity index (χ2n) is 4.32. The fourth-order valence-electron chi connectivity index (χ4n) is 2.18. The van der Waals surface area contributed by atoms with Crippen molar-refractivity contribution in [2.45, 2.75) is 33.1 Å². The summed E-state index contributed by atoms with van der Waals surface area (Å²) in [6.45, 7) is 7.08. The van der Waals surface area contributed by atoms with E-state index in [9.17, 15) is 9.90 Å². The fraction of sp³-hybridized carbons (Fsp3) is 0.385. The molecular formula is C13H15NO2. The van der Waals surface area contributed by atoms with Gasteiger partial charge in [-0.1, -0.05) is 17.7 Å². The lowest BCUT2D eigenvalue weighted by atomic mass is 9.78. The summed E-state index contributed by atoms with van der Waals surface area (Å²) >= 11 is 0. The van der Waals surface area contributed by atoms with Crippen LogP contribution in [0, 0.1) is 32.1 Å². The molecule has 0 heterocycles. The quantitative estimate of drug-likeness (QED) is 0.827. The maximum atomic E-state index is 11.2. The highest BCUT2D eigenvalue weighted by molar-refractivity contribution is 5.85. The number of carboxylic acid groups (broad SMARTS) is 1. The predicted octanol–water partition coefficient (Wildman–Crippen LogP) is 2.48. The van der Waals surface area contributed by atoms with Gasteiger partial charge in [-0.3, -0.25) is 4.79 Å². The Balaban J connectivity index is 3.56. The van der Waals surface area contributed by atoms with Crippen molar-refractivity contribution in [3.63, 3.8) is 0 Å². The second kappa shape index (κ2) is 3.97. The van der Waals surface area contributed by atoms with Gasteiger partial charge in [-0.15, -0.1) is 0 Å². The van der Waals surface area contributed by atoms with Crippen LogP contribution in [0.1, 0.15) is 29.2 Å². The van der Waals surface area contributed by atoms with Crippen molar-refractivity contribution in [2.24, 2.45) is 0 Å². The van der Waals surface area contributed by atoms with Crippen LogP contribution >= 0.6 is 0 Å². The lowest BCUT2D eigenvalue weighted by Gasteiger charge is -2.22. The maximum absolute atomic E-state index is 11.2. The van der Waals surface area contributed by atoms with E-state index in [1.54, 1.807) is 0 Å². The van der Waals surface area contributed by atoms with Gasteiger partial charge in [0, 0.05) is 0 Å². The Bertz CT molecular complexity index is 462. The summed E-state index contributed by atoms with van der Waals surface area (Å²) in [7, 11) is 0. The molecule has 0 radical (unpaired) electrons. The van der Waals surface area contributed by atoms with Crippen LogP contribution in [-0.2, 0) is 10.2 Å². The van der Waals surface area contributed by atoms with Crippen LogP contribution < -0.4 is 0 Å². The normalized spacial score (nSPS) is 13.9. The molecule has 0 bridgehead atoms. The van der Waals surface area contributed by atoms with Crippen LogP contribution in [0.5, 0.6) is 0 Å². The first-order valence-corrected chi connectivity index (χ1v) is 5.06. The third-order valence-corrected chi connectivity index (χ3v) is 2.83. The zero-order chi connectivity index (χ0) is 12.5. The van der Waals surface area contributed by atoms with Gasteiger partial charge in [0.05, 0.1) is 6.07 Å². The minimum atomic E-state index is -1.47. The van der Waals surface area contributed by atoms with E-state index in [-0.39, 0.29) is 0 Å². The van der Waals surface area contributed by atoms with E-state index in [2.05, 4.69) is 0 Å². The highest BCUT2D eigenvalue weighted by atomic mass is 16.4. The standard InChI is InChI=1S/C13H15NO2/c1-8-5-9(2)11(10(3)6-8)13(4,7-14)12(15)16/h5-6H,1-4H3,(H,15,16). The lowest BCUT2D eigenvalue weighted by molar-refractivity contribution is -0.141. The maximum Gasteiger partial charge on any atom is 0.328 e. The minimum absolute atomic E-state index is 0.605. The molecule has 0 saturated carbocycles. The number of carboxylic acids is 1. The molecule has 0 aromatic heterocycles. The van der Waals surface area contributed by atoms with E-state index in [4.69, 9.17) is 5.26 Å². The summed E-state index contributed by atoms with van der Waals surface area (Å²) in [6, 6.07) is 5.70. The Kier molecular flexibility index (Phi) is 3.04. The van der Waals surface area contributed by atoms with Gasteiger partial charge in [0.25, 0.3) is 0 Å². The number of nitrogens with zero attached hydrogens (tertiary/aromatic N) is 1. The number of nitriles is 1. The number of hydrogen-bond acceptors (Lipinski definition) is 2. The Hall–Kier alpha value is -1.82. The Morgan fingerprint density at radius 1 is 1.31 bits per heavy atom. The SMILES string of the molecule is Cc1cc(C)c(C(C)(C#N)C(=O)O)c(C)c1. The lowest BCUT2D eigenvalue weighted by Crippen LogP contribution is -2.32. The minimum Gasteiger partial charge on any atom is -0.480 e. The molecule has 0 saturated heterocycles. The molecule has 0 aliphatic heterocycles. The zero-order valence-electron chi connectivity index (χ0n) is 9.96. The third-order valence-electron chi connectivity index (χ3n) is 2.83. The number of aryl methyl sites for hydroxylation is 3. The summed E-state index contributed by atoms with van der Waals surface area (Å²) in [5.74, 6) is -1.11. The number of hydrogen-bond donors (Lipinski definition) is 1. The van der Waals surface area contributed by atoms with Gasteiger partial charge in [-0.25, -0.2) is 0 Å². The van der Waals surface area contributed by atoms with Crippen molar-refractivity contribution < 1.29 is 9.90 Å². The average molecular weight is 217 g/mol. The first-order valence-electron chi connectivity index (χ1n) is 5.06. The summed E-state index contributed by atoms with van der Waals surface area (Å²) in [6.07, 6.45) is 0. The molecule has 0 aliphatic rings. The number of benzene rings is 1. The molecule has 0 amide bonds. The molecule has 1 atom stereocenters. The monoisotopic (exact) mass is 217 g/mol. The van der Waals surface area contributed by atoms with Gasteiger partial charge in [-0.05, 0) is 44.4 Å². The number of carbonyl (C=O) groups is 1. The fourth-order valence-corrected chi connectivity index (χ4v) is 2.18. The summed E-state index contributed by atoms with van der Waals surface area (Å²) in [5.41, 5.74) is 1.91. The van der Waals surface area contributed by atoms with Crippen LogP contribution in [0.4, 0.5) is 0 Å². The molecule has 1 rings (SSSR count). The van der Waals surface area contributed by atoms with Crippen molar-refractivity contribution in [1.29, 1.82) is 5.26 Å². The Morgan fingerprint density at radius 3 is 2.06 bits per heavy atom. The first-order chi connectivity index (χ1) is 7.32. The van der Waals surface area contributed by atoms with E-state index in [0.29, 0.717) is 5.56 Å². The molecule has 0 spiro atoms. The summed E-state index contributed by atoms with van der Waals surface area (Å²) < 4.78 is 0. The van der Waals surface area contributed by atoms with Gasteiger partial charge in [0.1, 0.15) is 0 Å². The molecule has 16 heavy (non-hydrogen) atoms. The topological polar surface area (TPSA) is 61.1 Å². The molecule has 0 fully saturated rings. The Morgan fingerprint density at radius 2 is 1.75 bits per heavy atom. The molecule has 1 unspecified atom stereocenters. The van der Waals surface area contributed by atoms with Crippen molar-refractivity contribution >= 4 is 5.97 Å². The van der Waals surface area contributed by atoms with Gasteiger partial charge in [-0.2, -0.15) is 5.26 Å². The first kappa shape index (κ1) is 12.3. The molecule has 3 nitrogen and oxygen atoms in total. The third kappa shape index (κ3) is 1.79. The smallest absolute Gasteiger partial charge is 0.328 e. The van der Waals surface area contributed by atoms with Crippen LogP contribution in [0.2, 0.25) is 0 Å². The number of rotatable bonds is 2. The molecule has 1 aromatic carbocycles. The van der Waals surface area contributed by atoms with Gasteiger partial charge in [0.15, 0.2) is 5.41 Å². The molecule has 1 N–H and O–H groups in total. The van der Waals surface area contributed by atoms with Crippen molar-refractivity contribution in [3.05, 3.63) is 34.4 Å². The van der Waals surface area contributed by atoms with Crippen molar-refractivity contribution in [1.82, 2.24) is 0 Å². The predicted molar refractivity (Wildman–Crippen MR) is 61.3 cm³/mol. The van der Waals surface area contributed by atoms with E-state index in [1.165, 1.54) is 6.92 Å². The van der Waals surface area contributed by atoms with Crippen molar-refractivity contribution in [2.75, 3.05) is 0 Å². The highest BCUT2D eigenvalue weighted by Gasteiger charge is 2.37. The average Bonchev–Trinajstić information content (AvgIpc) is 2.15. The Labute approximate surface area is 95.3 Å². The van der Waals surface area contributed by atoms with Crippen LogP contribution in [0.25, 0.3) is 0 Å². The van der Waals surface area contributed by atoms with Gasteiger partial charge < -0.3 is 5.11 Å². The molecule has 3 heteroatoms. The summed E-state index contributed by atoms with van der Waals surface area (Å²) in [5, 5.41) is 18.3. The van der Waals surface area contributed by atoms with E-state index in [1.807, 2.05) is 39.0 Å². The number of aliphatic carboxylic acids is 1. The van der Waals surface area contributed by atoms with Gasteiger partial charge >= 0.3 is 5.97 Å². The molecule has 1 aromatic rings. The van der Waals surface area contributed by atoms with E-state index in [0.717, 1.165) is 16.7 Å². The summed E-state index contributed by atoms with van der Waals surface area (Å²) in [4.78, 5) is 11.2. The largest absolute Gasteiger partial charge is 0.480 e. The zero-order valence-corrected chi connectivity index (χ0v) is 9.96. The highest BCUT2D eigenvalue weighted by Crippen LogP contribution is 2.30. The van der Waals surface area contributed by atoms with Gasteiger partial charge in [0.2, 0.25) is 0 Å². The van der Waals surface area contributed by atoms with Crippen molar-refractivity contribution in [3.8, 4) is 6.07 Å². The molecular weight excluding hydrogens is 202 g/mol. The van der Waals surface area contributed by atoms with Crippen LogP contribution in [-0.4, -0.2) is 11.1 Å². The van der Waals surface area contributed by atoms with E-state index < -0.39 is 11.4 Å². The second-order valence-corrected chi connectivity index (χ2v) is 4.32. The van der Waals surface area contributed by atoms with Crippen LogP contribution in [0.15, 0.2) is 12.1 Å². The van der Waals surface area contributed by atoms with Crippen LogP contribution in [0.3, 0.4) is 0 Å². The molecule has 84 valence electrons. The molecule has 0 aliphatic carbocycles. The van der Waals surface area contributed by atoms with E-state index >= 15 is 0 Å².